The summed E-state index contributed by atoms with van der Waals surface area (Å²) < 4.78 is 12.6. The van der Waals surface area contributed by atoms with E-state index in [9.17, 15) is 0 Å². The van der Waals surface area contributed by atoms with Crippen LogP contribution in [0, 0.1) is 0 Å². The van der Waals surface area contributed by atoms with Crippen LogP contribution in [0.1, 0.15) is 64.7 Å². The van der Waals surface area contributed by atoms with E-state index in [1.165, 1.54) is 72.9 Å². The zero-order valence-corrected chi connectivity index (χ0v) is 24.9. The molecule has 0 fully saturated rings. The Kier molecular flexibility index (Phi) is 12.9. The Balaban J connectivity index is 0.00000380. The van der Waals surface area contributed by atoms with Gasteiger partial charge in [-0.15, -0.1) is 0 Å². The van der Waals surface area contributed by atoms with Crippen LogP contribution in [0.2, 0.25) is 0 Å². The second-order valence-corrected chi connectivity index (χ2v) is 9.90. The summed E-state index contributed by atoms with van der Waals surface area (Å²) in [4.78, 5) is 0. The molecule has 0 aliphatic rings. The van der Waals surface area contributed by atoms with Crippen molar-refractivity contribution in [2.24, 2.45) is 0 Å². The van der Waals surface area contributed by atoms with E-state index in [1.807, 2.05) is 6.92 Å². The zero-order chi connectivity index (χ0) is 25.0. The molecule has 0 bridgehead atoms. The number of rotatable bonds is 15. The maximum absolute atomic E-state index is 6.49. The fourth-order valence-electron chi connectivity index (χ4n) is 5.04. The van der Waals surface area contributed by atoms with E-state index >= 15 is 0 Å². The quantitative estimate of drug-likeness (QED) is 0.0701. The Hall–Kier alpha value is -1.91. The number of fused-ring (bicyclic) bond motifs is 2. The van der Waals surface area contributed by atoms with Crippen LogP contribution in [0.5, 0.6) is 11.5 Å². The van der Waals surface area contributed by atoms with Gasteiger partial charge >= 0.3 is 22.4 Å². The first-order chi connectivity index (χ1) is 17.8. The summed E-state index contributed by atoms with van der Waals surface area (Å²) in [5, 5.41) is 4.81. The molecule has 200 valence electrons. The molecular weight excluding hydrogens is 657 g/mol. The molecule has 0 unspecified atom stereocenters. The van der Waals surface area contributed by atoms with Crippen molar-refractivity contribution in [2.45, 2.75) is 64.7 Å². The van der Waals surface area contributed by atoms with Crippen molar-refractivity contribution in [1.82, 2.24) is 0 Å². The van der Waals surface area contributed by atoms with E-state index in [-0.39, 0.29) is 22.4 Å². The smallest absolute Gasteiger partial charge is 0.793 e. The molecule has 0 aromatic heterocycles. The van der Waals surface area contributed by atoms with Crippen LogP contribution in [-0.2, 0) is 35.0 Å². The number of benzene rings is 4. The summed E-state index contributed by atoms with van der Waals surface area (Å²) >= 11 is 5.03. The topological polar surface area (TPSA) is 18.5 Å². The fraction of sp³-hybridized carbons (Fsp3) is 0.394. The van der Waals surface area contributed by atoms with E-state index in [4.69, 9.17) is 22.1 Å². The molecule has 2 nitrogen and oxygen atoms in total. The van der Waals surface area contributed by atoms with Crippen LogP contribution >= 0.6 is 0 Å². The second-order valence-electron chi connectivity index (χ2n) is 9.49. The molecule has 4 heteroatoms. The van der Waals surface area contributed by atoms with Crippen molar-refractivity contribution in [3.05, 3.63) is 72.8 Å². The van der Waals surface area contributed by atoms with Gasteiger partial charge in [-0.3, -0.25) is 0 Å². The van der Waals surface area contributed by atoms with Crippen molar-refractivity contribution < 1.29 is 31.9 Å². The van der Waals surface area contributed by atoms with Gasteiger partial charge in [0.25, 0.3) is 0 Å². The number of unbranched alkanes of at least 4 members (excludes halogenated alkanes) is 8. The molecule has 0 heterocycles. The first kappa shape index (κ1) is 29.6. The standard InChI is InChI=1S/C33H40O2S.Au/c1-2-34-30-22-20-26-16-10-12-18-28(26)32(30)33-29-19-13-11-17-27(29)21-23-31(33)35-24-14-8-6-4-3-5-7-9-15-25-36;/h10-13,16-23,36H,2-9,14-15,24-25H2,1H3;/q;+1/p-1. The summed E-state index contributed by atoms with van der Waals surface area (Å²) in [6, 6.07) is 25.7. The van der Waals surface area contributed by atoms with Crippen molar-refractivity contribution in [3.8, 4) is 22.6 Å². The van der Waals surface area contributed by atoms with Crippen molar-refractivity contribution in [1.29, 1.82) is 0 Å². The van der Waals surface area contributed by atoms with Gasteiger partial charge in [0, 0.05) is 11.1 Å². The molecular formula is C33H39AuO2S. The maximum atomic E-state index is 6.49. The van der Waals surface area contributed by atoms with Gasteiger partial charge in [0.15, 0.2) is 0 Å². The van der Waals surface area contributed by atoms with E-state index < -0.39 is 0 Å². The number of hydrogen-bond acceptors (Lipinski definition) is 3. The number of hydrogen-bond donors (Lipinski definition) is 0. The molecule has 0 saturated heterocycles. The average molecular weight is 697 g/mol. The Bertz CT molecular complexity index is 1240. The summed E-state index contributed by atoms with van der Waals surface area (Å²) in [5.74, 6) is 2.75. The summed E-state index contributed by atoms with van der Waals surface area (Å²) in [6.07, 6.45) is 11.4. The molecule has 0 aliphatic carbocycles. The monoisotopic (exact) mass is 696 g/mol. The van der Waals surface area contributed by atoms with E-state index in [2.05, 4.69) is 72.8 Å². The van der Waals surface area contributed by atoms with Gasteiger partial charge in [0.1, 0.15) is 11.5 Å². The van der Waals surface area contributed by atoms with Gasteiger partial charge in [-0.2, -0.15) is 5.75 Å². The Morgan fingerprint density at radius 3 is 1.51 bits per heavy atom. The van der Waals surface area contributed by atoms with Gasteiger partial charge in [0.2, 0.25) is 0 Å². The van der Waals surface area contributed by atoms with Crippen LogP contribution in [0.25, 0.3) is 32.7 Å². The van der Waals surface area contributed by atoms with Gasteiger partial charge in [-0.1, -0.05) is 112 Å². The van der Waals surface area contributed by atoms with Gasteiger partial charge in [-0.05, 0) is 47.0 Å². The van der Waals surface area contributed by atoms with Gasteiger partial charge in [0.05, 0.1) is 13.2 Å². The Labute approximate surface area is 244 Å². The molecule has 0 saturated carbocycles. The molecule has 0 spiro atoms. The second kappa shape index (κ2) is 16.1. The molecule has 4 aromatic rings. The van der Waals surface area contributed by atoms with Crippen molar-refractivity contribution in [2.75, 3.05) is 19.0 Å². The van der Waals surface area contributed by atoms with E-state index in [0.29, 0.717) is 6.61 Å². The molecule has 4 aromatic carbocycles. The summed E-state index contributed by atoms with van der Waals surface area (Å²) in [5.41, 5.74) is 2.25. The average Bonchev–Trinajstić information content (AvgIpc) is 2.92. The summed E-state index contributed by atoms with van der Waals surface area (Å²) in [6.45, 7) is 3.40. The Morgan fingerprint density at radius 1 is 0.541 bits per heavy atom. The minimum Gasteiger partial charge on any atom is -0.793 e. The Morgan fingerprint density at radius 2 is 1.00 bits per heavy atom. The fourth-order valence-corrected chi connectivity index (χ4v) is 5.24. The van der Waals surface area contributed by atoms with Crippen molar-refractivity contribution >= 4 is 34.2 Å². The predicted octanol–water partition coefficient (Wildman–Crippen LogP) is 9.49. The predicted molar refractivity (Wildman–Crippen MR) is 157 cm³/mol. The molecule has 0 radical (unpaired) electrons. The minimum atomic E-state index is 0. The SMILES string of the molecule is CCOc1ccc2ccccc2c1-c1c(OCCCCCCCCCCC[S-])ccc2ccccc12.[Au+]. The van der Waals surface area contributed by atoms with E-state index in [1.54, 1.807) is 0 Å². The van der Waals surface area contributed by atoms with E-state index in [0.717, 1.165) is 41.4 Å². The van der Waals surface area contributed by atoms with Crippen LogP contribution in [0.4, 0.5) is 0 Å². The van der Waals surface area contributed by atoms with Crippen LogP contribution < -0.4 is 9.47 Å². The molecule has 0 N–H and O–H groups in total. The molecule has 37 heavy (non-hydrogen) atoms. The first-order valence-corrected chi connectivity index (χ1v) is 14.3. The van der Waals surface area contributed by atoms with Crippen LogP contribution in [0.15, 0.2) is 72.8 Å². The molecule has 0 atom stereocenters. The molecule has 0 amide bonds. The van der Waals surface area contributed by atoms with Crippen LogP contribution in [0.3, 0.4) is 0 Å². The summed E-state index contributed by atoms with van der Waals surface area (Å²) in [7, 11) is 0. The maximum Gasteiger partial charge on any atom is 1.00 e. The molecule has 0 aliphatic heterocycles. The largest absolute Gasteiger partial charge is 1.00 e. The van der Waals surface area contributed by atoms with Gasteiger partial charge < -0.3 is 22.1 Å². The zero-order valence-electron chi connectivity index (χ0n) is 21.9. The minimum absolute atomic E-state index is 0. The first-order valence-electron chi connectivity index (χ1n) is 13.7. The number of ether oxygens (including phenoxy) is 2. The molecule has 4 rings (SSSR count). The van der Waals surface area contributed by atoms with Gasteiger partial charge in [-0.25, -0.2) is 0 Å². The van der Waals surface area contributed by atoms with Crippen LogP contribution in [-0.4, -0.2) is 19.0 Å². The third-order valence-electron chi connectivity index (χ3n) is 6.88. The third-order valence-corrected chi connectivity index (χ3v) is 7.17. The third kappa shape index (κ3) is 8.04. The normalized spacial score (nSPS) is 11.0. The van der Waals surface area contributed by atoms with Crippen molar-refractivity contribution in [3.63, 3.8) is 0 Å².